The molecule has 1 aliphatic heterocycles. The molecule has 14 heavy (non-hydrogen) atoms. The summed E-state index contributed by atoms with van der Waals surface area (Å²) >= 11 is 2.03. The standard InChI is InChI=1S/C13H14S/c1-9-10-6-4-5-7-11(10)14-13(3)8-12(9,13)2/h4-7H,1,8H2,2-3H3. The van der Waals surface area contributed by atoms with E-state index in [0.29, 0.717) is 10.2 Å². The summed E-state index contributed by atoms with van der Waals surface area (Å²) in [6.07, 6.45) is 1.28. The highest BCUT2D eigenvalue weighted by Crippen LogP contribution is 2.74. The molecule has 3 rings (SSSR count). The van der Waals surface area contributed by atoms with Crippen molar-refractivity contribution >= 4 is 17.3 Å². The Hall–Kier alpha value is -0.690. The monoisotopic (exact) mass is 202 g/mol. The van der Waals surface area contributed by atoms with Gasteiger partial charge in [0.05, 0.1) is 0 Å². The Morgan fingerprint density at radius 1 is 1.29 bits per heavy atom. The molecule has 2 atom stereocenters. The fraction of sp³-hybridized carbons (Fsp3) is 0.385. The van der Waals surface area contributed by atoms with Crippen molar-refractivity contribution < 1.29 is 0 Å². The van der Waals surface area contributed by atoms with Gasteiger partial charge in [-0.2, -0.15) is 0 Å². The van der Waals surface area contributed by atoms with Gasteiger partial charge in [0.15, 0.2) is 0 Å². The second-order valence-electron chi connectivity index (χ2n) is 4.82. The summed E-state index contributed by atoms with van der Waals surface area (Å²) in [5, 5.41) is 0. The Bertz CT molecular complexity index is 435. The van der Waals surface area contributed by atoms with Gasteiger partial charge in [0.2, 0.25) is 0 Å². The van der Waals surface area contributed by atoms with Crippen LogP contribution in [0.5, 0.6) is 0 Å². The van der Waals surface area contributed by atoms with Crippen LogP contribution in [0.2, 0.25) is 0 Å². The van der Waals surface area contributed by atoms with Gasteiger partial charge in [0.1, 0.15) is 0 Å². The molecule has 1 fully saturated rings. The van der Waals surface area contributed by atoms with E-state index in [1.54, 1.807) is 0 Å². The third kappa shape index (κ3) is 0.819. The topological polar surface area (TPSA) is 0 Å². The van der Waals surface area contributed by atoms with Gasteiger partial charge in [-0.1, -0.05) is 31.7 Å². The van der Waals surface area contributed by atoms with E-state index in [0.717, 1.165) is 0 Å². The molecule has 0 aromatic heterocycles. The fourth-order valence-electron chi connectivity index (χ4n) is 2.55. The van der Waals surface area contributed by atoms with E-state index >= 15 is 0 Å². The van der Waals surface area contributed by atoms with Crippen LogP contribution in [0.1, 0.15) is 25.8 Å². The lowest BCUT2D eigenvalue weighted by molar-refractivity contribution is 0.705. The lowest BCUT2D eigenvalue weighted by atomic mass is 9.90. The van der Waals surface area contributed by atoms with Crippen LogP contribution in [0.3, 0.4) is 0 Å². The first-order chi connectivity index (χ1) is 6.57. The summed E-state index contributed by atoms with van der Waals surface area (Å²) in [5.41, 5.74) is 3.07. The van der Waals surface area contributed by atoms with Crippen molar-refractivity contribution in [3.63, 3.8) is 0 Å². The SMILES string of the molecule is C=C1c2ccccc2SC2(C)CC12C. The Kier molecular flexibility index (Phi) is 1.40. The number of fused-ring (bicyclic) bond motifs is 2. The average molecular weight is 202 g/mol. The van der Waals surface area contributed by atoms with Crippen molar-refractivity contribution in [2.45, 2.75) is 29.9 Å². The van der Waals surface area contributed by atoms with E-state index in [1.165, 1.54) is 22.5 Å². The zero-order chi connectivity index (χ0) is 9.97. The molecule has 0 radical (unpaired) electrons. The number of hydrogen-bond donors (Lipinski definition) is 0. The van der Waals surface area contributed by atoms with Crippen molar-refractivity contribution in [3.05, 3.63) is 36.4 Å². The third-order valence-electron chi connectivity index (χ3n) is 3.95. The summed E-state index contributed by atoms with van der Waals surface area (Å²) in [7, 11) is 0. The number of thioether (sulfide) groups is 1. The first kappa shape index (κ1) is 8.60. The lowest BCUT2D eigenvalue weighted by Crippen LogP contribution is -2.16. The zero-order valence-corrected chi connectivity index (χ0v) is 9.45. The van der Waals surface area contributed by atoms with Gasteiger partial charge in [0.25, 0.3) is 0 Å². The molecule has 1 saturated carbocycles. The molecular formula is C13H14S. The minimum absolute atomic E-state index is 0.353. The molecule has 1 heteroatoms. The molecule has 0 amide bonds. The summed E-state index contributed by atoms with van der Waals surface area (Å²) < 4.78 is 0.415. The minimum Gasteiger partial charge on any atom is -0.118 e. The summed E-state index contributed by atoms with van der Waals surface area (Å²) in [5.74, 6) is 0. The second kappa shape index (κ2) is 2.27. The van der Waals surface area contributed by atoms with Crippen LogP contribution in [0.25, 0.3) is 5.57 Å². The minimum atomic E-state index is 0.353. The van der Waals surface area contributed by atoms with Gasteiger partial charge in [0, 0.05) is 15.1 Å². The van der Waals surface area contributed by atoms with Crippen LogP contribution < -0.4 is 0 Å². The van der Waals surface area contributed by atoms with Gasteiger partial charge >= 0.3 is 0 Å². The Balaban J connectivity index is 2.20. The summed E-state index contributed by atoms with van der Waals surface area (Å²) in [6, 6.07) is 8.65. The Labute approximate surface area is 89.4 Å². The Morgan fingerprint density at radius 3 is 2.79 bits per heavy atom. The van der Waals surface area contributed by atoms with Crippen LogP contribution >= 0.6 is 11.8 Å². The average Bonchev–Trinajstić information content (AvgIpc) is 2.70. The predicted octanol–water partition coefficient (Wildman–Crippen LogP) is 3.97. The maximum Gasteiger partial charge on any atom is 0.0282 e. The molecule has 2 unspecified atom stereocenters. The molecule has 1 aromatic rings. The van der Waals surface area contributed by atoms with Crippen molar-refractivity contribution in [1.29, 1.82) is 0 Å². The van der Waals surface area contributed by atoms with Crippen LogP contribution in [0, 0.1) is 5.41 Å². The highest BCUT2D eigenvalue weighted by Gasteiger charge is 2.65. The first-order valence-electron chi connectivity index (χ1n) is 5.05. The Morgan fingerprint density at radius 2 is 2.00 bits per heavy atom. The summed E-state index contributed by atoms with van der Waals surface area (Å²) in [4.78, 5) is 1.41. The molecule has 72 valence electrons. The molecule has 0 bridgehead atoms. The molecule has 1 heterocycles. The maximum atomic E-state index is 4.28. The summed E-state index contributed by atoms with van der Waals surface area (Å²) in [6.45, 7) is 8.99. The van der Waals surface area contributed by atoms with Gasteiger partial charge in [-0.3, -0.25) is 0 Å². The van der Waals surface area contributed by atoms with Gasteiger partial charge in [-0.25, -0.2) is 0 Å². The van der Waals surface area contributed by atoms with Crippen LogP contribution in [-0.2, 0) is 0 Å². The normalized spacial score (nSPS) is 38.9. The third-order valence-corrected chi connectivity index (χ3v) is 5.57. The van der Waals surface area contributed by atoms with E-state index in [2.05, 4.69) is 44.7 Å². The quantitative estimate of drug-likeness (QED) is 0.613. The first-order valence-corrected chi connectivity index (χ1v) is 5.86. The molecule has 2 aliphatic rings. The molecule has 1 aromatic carbocycles. The van der Waals surface area contributed by atoms with Gasteiger partial charge < -0.3 is 0 Å². The van der Waals surface area contributed by atoms with E-state index in [9.17, 15) is 0 Å². The van der Waals surface area contributed by atoms with E-state index in [4.69, 9.17) is 0 Å². The zero-order valence-electron chi connectivity index (χ0n) is 8.63. The molecular weight excluding hydrogens is 188 g/mol. The molecule has 0 N–H and O–H groups in total. The maximum absolute atomic E-state index is 4.28. The number of benzene rings is 1. The smallest absolute Gasteiger partial charge is 0.0282 e. The van der Waals surface area contributed by atoms with Crippen molar-refractivity contribution in [2.24, 2.45) is 5.41 Å². The van der Waals surface area contributed by atoms with E-state index in [-0.39, 0.29) is 0 Å². The second-order valence-corrected chi connectivity index (χ2v) is 6.36. The highest BCUT2D eigenvalue weighted by atomic mass is 32.2. The fourth-order valence-corrected chi connectivity index (χ4v) is 4.19. The largest absolute Gasteiger partial charge is 0.118 e. The molecule has 0 spiro atoms. The predicted molar refractivity (Wildman–Crippen MR) is 62.5 cm³/mol. The number of allylic oxidation sites excluding steroid dienone is 1. The molecule has 0 nitrogen and oxygen atoms in total. The van der Waals surface area contributed by atoms with Crippen LogP contribution in [0.15, 0.2) is 35.7 Å². The van der Waals surface area contributed by atoms with Gasteiger partial charge in [-0.05, 0) is 30.5 Å². The molecule has 1 aliphatic carbocycles. The van der Waals surface area contributed by atoms with Crippen molar-refractivity contribution in [3.8, 4) is 0 Å². The van der Waals surface area contributed by atoms with Crippen LogP contribution in [0.4, 0.5) is 0 Å². The highest BCUT2D eigenvalue weighted by molar-refractivity contribution is 8.01. The number of hydrogen-bond acceptors (Lipinski definition) is 1. The van der Waals surface area contributed by atoms with Crippen LogP contribution in [-0.4, -0.2) is 4.75 Å². The number of rotatable bonds is 0. The lowest BCUT2D eigenvalue weighted by Gasteiger charge is -2.28. The van der Waals surface area contributed by atoms with E-state index < -0.39 is 0 Å². The molecule has 0 saturated heterocycles. The van der Waals surface area contributed by atoms with Crippen molar-refractivity contribution in [1.82, 2.24) is 0 Å². The van der Waals surface area contributed by atoms with Crippen molar-refractivity contribution in [2.75, 3.05) is 0 Å². The van der Waals surface area contributed by atoms with Gasteiger partial charge in [-0.15, -0.1) is 11.8 Å². The van der Waals surface area contributed by atoms with E-state index in [1.807, 2.05) is 11.8 Å².